The Morgan fingerprint density at radius 2 is 1.88 bits per heavy atom. The summed E-state index contributed by atoms with van der Waals surface area (Å²) in [4.78, 5) is 0. The Morgan fingerprint density at radius 3 is 2.44 bits per heavy atom. The Balaban J connectivity index is 2.74. The van der Waals surface area contributed by atoms with Gasteiger partial charge in [0.25, 0.3) is 0 Å². The van der Waals surface area contributed by atoms with Gasteiger partial charge in [0.1, 0.15) is 0 Å². The molecule has 0 bridgehead atoms. The van der Waals surface area contributed by atoms with Crippen molar-refractivity contribution in [2.24, 2.45) is 0 Å². The van der Waals surface area contributed by atoms with E-state index in [9.17, 15) is 0 Å². The van der Waals surface area contributed by atoms with Gasteiger partial charge in [-0.15, -0.1) is 11.6 Å². The highest BCUT2D eigenvalue weighted by Gasteiger charge is 2.08. The van der Waals surface area contributed by atoms with E-state index in [1.165, 1.54) is 5.56 Å². The average Bonchev–Trinajstić information content (AvgIpc) is 2.29. The number of halogens is 1. The number of methoxy groups -OCH3 is 2. The number of ether oxygens (including phenoxy) is 2. The number of alkyl halides is 1. The number of hydrogen-bond acceptors (Lipinski definition) is 2. The van der Waals surface area contributed by atoms with Gasteiger partial charge >= 0.3 is 0 Å². The minimum Gasteiger partial charge on any atom is -0.493 e. The highest BCUT2D eigenvalue weighted by molar-refractivity contribution is 6.20. The average molecular weight is 243 g/mol. The zero-order chi connectivity index (χ0) is 12.0. The Bertz CT molecular complexity index is 326. The normalized spacial score (nSPS) is 12.2. The standard InChI is InChI=1S/C13H19ClO2/c1-4-5-11(14)8-10-6-7-12(15-2)13(9-10)16-3/h6-7,9,11H,4-5,8H2,1-3H3. The molecule has 0 aliphatic heterocycles. The molecule has 0 heterocycles. The molecule has 2 nitrogen and oxygen atoms in total. The van der Waals surface area contributed by atoms with Crippen LogP contribution in [0.2, 0.25) is 0 Å². The summed E-state index contributed by atoms with van der Waals surface area (Å²) < 4.78 is 10.4. The van der Waals surface area contributed by atoms with E-state index in [1.807, 2.05) is 18.2 Å². The third-order valence-electron chi connectivity index (χ3n) is 2.51. The van der Waals surface area contributed by atoms with Gasteiger partial charge in [0.2, 0.25) is 0 Å². The van der Waals surface area contributed by atoms with Gasteiger partial charge < -0.3 is 9.47 Å². The monoisotopic (exact) mass is 242 g/mol. The van der Waals surface area contributed by atoms with Crippen molar-refractivity contribution in [3.05, 3.63) is 23.8 Å². The Kier molecular flexibility index (Phi) is 5.47. The van der Waals surface area contributed by atoms with E-state index < -0.39 is 0 Å². The molecule has 0 amide bonds. The highest BCUT2D eigenvalue weighted by atomic mass is 35.5. The molecule has 0 radical (unpaired) electrons. The summed E-state index contributed by atoms with van der Waals surface area (Å²) in [6.07, 6.45) is 3.02. The third kappa shape index (κ3) is 3.60. The smallest absolute Gasteiger partial charge is 0.160 e. The van der Waals surface area contributed by atoms with Crippen molar-refractivity contribution >= 4 is 11.6 Å². The van der Waals surface area contributed by atoms with E-state index in [4.69, 9.17) is 21.1 Å². The van der Waals surface area contributed by atoms with Crippen LogP contribution in [0, 0.1) is 0 Å². The molecule has 16 heavy (non-hydrogen) atoms. The van der Waals surface area contributed by atoms with Crippen LogP contribution in [0.1, 0.15) is 25.3 Å². The summed E-state index contributed by atoms with van der Waals surface area (Å²) in [6, 6.07) is 5.94. The van der Waals surface area contributed by atoms with Crippen LogP contribution in [0.15, 0.2) is 18.2 Å². The van der Waals surface area contributed by atoms with Gasteiger partial charge in [0.15, 0.2) is 11.5 Å². The maximum Gasteiger partial charge on any atom is 0.160 e. The van der Waals surface area contributed by atoms with Crippen molar-refractivity contribution < 1.29 is 9.47 Å². The zero-order valence-electron chi connectivity index (χ0n) is 10.1. The largest absolute Gasteiger partial charge is 0.493 e. The van der Waals surface area contributed by atoms with Gasteiger partial charge in [-0.3, -0.25) is 0 Å². The minimum atomic E-state index is 0.197. The summed E-state index contributed by atoms with van der Waals surface area (Å²) in [5.74, 6) is 1.52. The number of rotatable bonds is 6. The second-order valence-corrected chi connectivity index (χ2v) is 4.40. The van der Waals surface area contributed by atoms with E-state index in [0.29, 0.717) is 0 Å². The molecule has 1 rings (SSSR count). The van der Waals surface area contributed by atoms with Gasteiger partial charge in [-0.2, -0.15) is 0 Å². The fourth-order valence-electron chi connectivity index (χ4n) is 1.68. The third-order valence-corrected chi connectivity index (χ3v) is 2.88. The fraction of sp³-hybridized carbons (Fsp3) is 0.538. The van der Waals surface area contributed by atoms with Gasteiger partial charge in [-0.25, -0.2) is 0 Å². The number of hydrogen-bond donors (Lipinski definition) is 0. The first-order valence-electron chi connectivity index (χ1n) is 5.56. The lowest BCUT2D eigenvalue weighted by molar-refractivity contribution is 0.354. The maximum absolute atomic E-state index is 6.21. The molecule has 0 fully saturated rings. The molecule has 90 valence electrons. The van der Waals surface area contributed by atoms with Gasteiger partial charge in [0, 0.05) is 5.38 Å². The molecule has 0 saturated heterocycles. The minimum absolute atomic E-state index is 0.197. The maximum atomic E-state index is 6.21. The first-order valence-corrected chi connectivity index (χ1v) is 5.99. The Morgan fingerprint density at radius 1 is 1.19 bits per heavy atom. The molecule has 3 heteroatoms. The van der Waals surface area contributed by atoms with Crippen molar-refractivity contribution in [3.63, 3.8) is 0 Å². The fourth-order valence-corrected chi connectivity index (χ4v) is 2.08. The van der Waals surface area contributed by atoms with Crippen molar-refractivity contribution in [2.45, 2.75) is 31.6 Å². The summed E-state index contributed by atoms with van der Waals surface area (Å²) >= 11 is 6.21. The highest BCUT2D eigenvalue weighted by Crippen LogP contribution is 2.28. The van der Waals surface area contributed by atoms with Crippen LogP contribution in [-0.4, -0.2) is 19.6 Å². The molecule has 0 aliphatic carbocycles. The lowest BCUT2D eigenvalue weighted by Gasteiger charge is -2.11. The van der Waals surface area contributed by atoms with E-state index in [2.05, 4.69) is 6.92 Å². The first-order chi connectivity index (χ1) is 7.71. The molecule has 1 aromatic rings. The van der Waals surface area contributed by atoms with Gasteiger partial charge in [0.05, 0.1) is 14.2 Å². The lowest BCUT2D eigenvalue weighted by atomic mass is 10.1. The van der Waals surface area contributed by atoms with Crippen LogP contribution in [0.3, 0.4) is 0 Å². The molecule has 0 saturated carbocycles. The molecule has 0 N–H and O–H groups in total. The predicted octanol–water partition coefficient (Wildman–Crippen LogP) is 3.65. The second kappa shape index (κ2) is 6.64. The van der Waals surface area contributed by atoms with Crippen LogP contribution < -0.4 is 9.47 Å². The lowest BCUT2D eigenvalue weighted by Crippen LogP contribution is -2.03. The van der Waals surface area contributed by atoms with E-state index in [1.54, 1.807) is 14.2 Å². The molecule has 0 aliphatic rings. The van der Waals surface area contributed by atoms with E-state index in [0.717, 1.165) is 30.8 Å². The van der Waals surface area contributed by atoms with Crippen molar-refractivity contribution in [3.8, 4) is 11.5 Å². The molecule has 0 aromatic heterocycles. The van der Waals surface area contributed by atoms with E-state index >= 15 is 0 Å². The van der Waals surface area contributed by atoms with Crippen LogP contribution in [-0.2, 0) is 6.42 Å². The van der Waals surface area contributed by atoms with Crippen molar-refractivity contribution in [1.82, 2.24) is 0 Å². The molecule has 1 aromatic carbocycles. The molecule has 1 atom stereocenters. The quantitative estimate of drug-likeness (QED) is 0.709. The Hall–Kier alpha value is -0.890. The topological polar surface area (TPSA) is 18.5 Å². The number of benzene rings is 1. The molecule has 1 unspecified atom stereocenters. The molecular weight excluding hydrogens is 224 g/mol. The summed E-state index contributed by atoms with van der Waals surface area (Å²) in [7, 11) is 3.28. The van der Waals surface area contributed by atoms with Gasteiger partial charge in [-0.1, -0.05) is 19.4 Å². The summed E-state index contributed by atoms with van der Waals surface area (Å²) in [5, 5.41) is 0.197. The first kappa shape index (κ1) is 13.2. The van der Waals surface area contributed by atoms with Crippen molar-refractivity contribution in [2.75, 3.05) is 14.2 Å². The van der Waals surface area contributed by atoms with Crippen LogP contribution in [0.25, 0.3) is 0 Å². The van der Waals surface area contributed by atoms with Crippen molar-refractivity contribution in [1.29, 1.82) is 0 Å². The SMILES string of the molecule is CCCC(Cl)Cc1ccc(OC)c(OC)c1. The summed E-state index contributed by atoms with van der Waals surface area (Å²) in [6.45, 7) is 2.14. The molecular formula is C13H19ClO2. The van der Waals surface area contributed by atoms with Crippen LogP contribution in [0.5, 0.6) is 11.5 Å². The van der Waals surface area contributed by atoms with Crippen LogP contribution >= 0.6 is 11.6 Å². The summed E-state index contributed by atoms with van der Waals surface area (Å²) in [5.41, 5.74) is 1.19. The van der Waals surface area contributed by atoms with Crippen LogP contribution in [0.4, 0.5) is 0 Å². The Labute approximate surface area is 103 Å². The second-order valence-electron chi connectivity index (χ2n) is 3.78. The van der Waals surface area contributed by atoms with E-state index in [-0.39, 0.29) is 5.38 Å². The molecule has 0 spiro atoms. The zero-order valence-corrected chi connectivity index (χ0v) is 10.9. The predicted molar refractivity (Wildman–Crippen MR) is 67.8 cm³/mol. The van der Waals surface area contributed by atoms with Gasteiger partial charge in [-0.05, 0) is 30.5 Å².